The number of hydrogen-bond donors (Lipinski definition) is 2. The zero-order valence-corrected chi connectivity index (χ0v) is 18.6. The fraction of sp³-hybridized carbons (Fsp3) is 0.632. The van der Waals surface area contributed by atoms with Crippen molar-refractivity contribution in [1.29, 1.82) is 0 Å². The van der Waals surface area contributed by atoms with E-state index in [1.807, 2.05) is 0 Å². The molecule has 2 rings (SSSR count). The molecule has 0 bridgehead atoms. The van der Waals surface area contributed by atoms with Crippen molar-refractivity contribution < 1.29 is 9.66 Å². The summed E-state index contributed by atoms with van der Waals surface area (Å²) in [5.41, 5.74) is 1.03. The smallest absolute Gasteiger partial charge is 0.269 e. The minimum Gasteiger partial charge on any atom is -0.376 e. The molecule has 0 saturated carbocycles. The first-order valence-corrected chi connectivity index (χ1v) is 9.35. The lowest BCUT2D eigenvalue weighted by molar-refractivity contribution is -0.384. The van der Waals surface area contributed by atoms with Gasteiger partial charge in [0.15, 0.2) is 5.96 Å². The van der Waals surface area contributed by atoms with Crippen molar-refractivity contribution in [3.05, 3.63) is 39.9 Å². The third kappa shape index (κ3) is 8.42. The van der Waals surface area contributed by atoms with Crippen molar-refractivity contribution in [2.75, 3.05) is 13.2 Å². The van der Waals surface area contributed by atoms with Crippen LogP contribution in [0.1, 0.15) is 45.6 Å². The molecule has 0 aliphatic carbocycles. The van der Waals surface area contributed by atoms with Gasteiger partial charge in [-0.25, -0.2) is 4.99 Å². The summed E-state index contributed by atoms with van der Waals surface area (Å²) in [5, 5.41) is 17.6. The number of nitro groups is 1. The van der Waals surface area contributed by atoms with Gasteiger partial charge in [0, 0.05) is 25.3 Å². The molecule has 1 aromatic carbocycles. The molecule has 1 saturated heterocycles. The van der Waals surface area contributed by atoms with Crippen molar-refractivity contribution in [2.45, 2.75) is 58.7 Å². The Labute approximate surface area is 178 Å². The van der Waals surface area contributed by atoms with Gasteiger partial charge < -0.3 is 15.4 Å². The lowest BCUT2D eigenvalue weighted by atomic mass is 10.1. The first kappa shape index (κ1) is 23.6. The van der Waals surface area contributed by atoms with Gasteiger partial charge >= 0.3 is 0 Å². The molecule has 1 aromatic rings. The average molecular weight is 490 g/mol. The van der Waals surface area contributed by atoms with Gasteiger partial charge in [0.2, 0.25) is 0 Å². The lowest BCUT2D eigenvalue weighted by Gasteiger charge is -2.23. The Hall–Kier alpha value is -1.42. The summed E-state index contributed by atoms with van der Waals surface area (Å²) < 4.78 is 5.75. The van der Waals surface area contributed by atoms with Gasteiger partial charge in [-0.3, -0.25) is 10.1 Å². The van der Waals surface area contributed by atoms with Crippen LogP contribution in [-0.2, 0) is 11.3 Å². The number of ether oxygens (including phenoxy) is 1. The highest BCUT2D eigenvalue weighted by molar-refractivity contribution is 14.0. The maximum atomic E-state index is 10.7. The first-order chi connectivity index (χ1) is 12.5. The van der Waals surface area contributed by atoms with Gasteiger partial charge in [0.05, 0.1) is 23.6 Å². The van der Waals surface area contributed by atoms with Gasteiger partial charge in [-0.15, -0.1) is 24.0 Å². The molecule has 0 radical (unpaired) electrons. The van der Waals surface area contributed by atoms with Crippen LogP contribution in [0.2, 0.25) is 0 Å². The maximum absolute atomic E-state index is 10.7. The number of guanidine groups is 1. The molecular weight excluding hydrogens is 459 g/mol. The van der Waals surface area contributed by atoms with E-state index in [0.29, 0.717) is 12.5 Å². The molecule has 0 spiro atoms. The Morgan fingerprint density at radius 2 is 2.04 bits per heavy atom. The van der Waals surface area contributed by atoms with Crippen molar-refractivity contribution in [2.24, 2.45) is 10.9 Å². The number of rotatable bonds is 8. The Kier molecular flexibility index (Phi) is 10.6. The number of nitro benzene ring substituents is 1. The highest BCUT2D eigenvalue weighted by Crippen LogP contribution is 2.15. The van der Waals surface area contributed by atoms with Crippen LogP contribution in [0.3, 0.4) is 0 Å². The molecule has 27 heavy (non-hydrogen) atoms. The van der Waals surface area contributed by atoms with Gasteiger partial charge in [-0.05, 0) is 37.7 Å². The fourth-order valence-corrected chi connectivity index (χ4v) is 2.83. The van der Waals surface area contributed by atoms with Crippen LogP contribution in [0.4, 0.5) is 5.69 Å². The van der Waals surface area contributed by atoms with Crippen LogP contribution < -0.4 is 10.6 Å². The van der Waals surface area contributed by atoms with E-state index in [1.54, 1.807) is 12.1 Å². The molecule has 0 aromatic heterocycles. The van der Waals surface area contributed by atoms with Gasteiger partial charge in [-0.1, -0.05) is 26.0 Å². The SMILES string of the molecule is CC(C)CCNC(=NCc1ccc([N+](=O)[O-])cc1)NC(C)C1CCCO1.I. The summed E-state index contributed by atoms with van der Waals surface area (Å²) in [7, 11) is 0. The Morgan fingerprint density at radius 1 is 1.33 bits per heavy atom. The fourth-order valence-electron chi connectivity index (χ4n) is 2.83. The average Bonchev–Trinajstić information content (AvgIpc) is 3.14. The number of benzene rings is 1. The molecule has 2 unspecified atom stereocenters. The number of nitrogens with one attached hydrogen (secondary N) is 2. The van der Waals surface area contributed by atoms with Crippen LogP contribution in [-0.4, -0.2) is 36.2 Å². The van der Waals surface area contributed by atoms with E-state index >= 15 is 0 Å². The zero-order chi connectivity index (χ0) is 18.9. The summed E-state index contributed by atoms with van der Waals surface area (Å²) in [5.74, 6) is 1.38. The molecule has 7 nitrogen and oxygen atoms in total. The number of aliphatic imine (C=N–C) groups is 1. The Bertz CT molecular complexity index is 601. The van der Waals surface area contributed by atoms with Gasteiger partial charge in [0.1, 0.15) is 0 Å². The van der Waals surface area contributed by atoms with Crippen LogP contribution in [0, 0.1) is 16.0 Å². The van der Waals surface area contributed by atoms with Crippen molar-refractivity contribution in [3.8, 4) is 0 Å². The summed E-state index contributed by atoms with van der Waals surface area (Å²) in [4.78, 5) is 15.0. The zero-order valence-electron chi connectivity index (χ0n) is 16.3. The summed E-state index contributed by atoms with van der Waals surface area (Å²) >= 11 is 0. The van der Waals surface area contributed by atoms with Crippen LogP contribution in [0.25, 0.3) is 0 Å². The third-order valence-corrected chi connectivity index (χ3v) is 4.47. The summed E-state index contributed by atoms with van der Waals surface area (Å²) in [6, 6.07) is 6.70. The third-order valence-electron chi connectivity index (χ3n) is 4.47. The second kappa shape index (κ2) is 12.1. The second-order valence-corrected chi connectivity index (χ2v) is 7.18. The first-order valence-electron chi connectivity index (χ1n) is 9.35. The van der Waals surface area contributed by atoms with E-state index in [-0.39, 0.29) is 41.8 Å². The molecular formula is C19H31IN4O3. The van der Waals surface area contributed by atoms with Crippen LogP contribution in [0.5, 0.6) is 0 Å². The molecule has 2 atom stereocenters. The van der Waals surface area contributed by atoms with E-state index in [2.05, 4.69) is 36.4 Å². The van der Waals surface area contributed by atoms with E-state index in [4.69, 9.17) is 4.74 Å². The van der Waals surface area contributed by atoms with Gasteiger partial charge in [-0.2, -0.15) is 0 Å². The minimum absolute atomic E-state index is 0. The molecule has 1 fully saturated rings. The summed E-state index contributed by atoms with van der Waals surface area (Å²) in [6.07, 6.45) is 3.45. The Morgan fingerprint density at radius 3 is 2.59 bits per heavy atom. The molecule has 1 heterocycles. The largest absolute Gasteiger partial charge is 0.376 e. The topological polar surface area (TPSA) is 88.8 Å². The van der Waals surface area contributed by atoms with Crippen LogP contribution in [0.15, 0.2) is 29.3 Å². The molecule has 1 aliphatic rings. The summed E-state index contributed by atoms with van der Waals surface area (Å²) in [6.45, 7) is 8.64. The molecule has 152 valence electrons. The molecule has 1 aliphatic heterocycles. The predicted molar refractivity (Wildman–Crippen MR) is 119 cm³/mol. The number of nitrogens with zero attached hydrogens (tertiary/aromatic N) is 2. The highest BCUT2D eigenvalue weighted by atomic mass is 127. The predicted octanol–water partition coefficient (Wildman–Crippen LogP) is 3.86. The van der Waals surface area contributed by atoms with Crippen molar-refractivity contribution in [1.82, 2.24) is 10.6 Å². The van der Waals surface area contributed by atoms with E-state index in [0.717, 1.165) is 43.9 Å². The quantitative estimate of drug-likeness (QED) is 0.190. The monoisotopic (exact) mass is 490 g/mol. The molecule has 8 heteroatoms. The van der Waals surface area contributed by atoms with Crippen LogP contribution >= 0.6 is 24.0 Å². The van der Waals surface area contributed by atoms with E-state index in [1.165, 1.54) is 12.1 Å². The van der Waals surface area contributed by atoms with Crippen molar-refractivity contribution >= 4 is 35.6 Å². The standard InChI is InChI=1S/C19H30N4O3.HI/c1-14(2)10-11-20-19(22-15(3)18-5-4-12-26-18)21-13-16-6-8-17(9-7-16)23(24)25;/h6-9,14-15,18H,4-5,10-13H2,1-3H3,(H2,20,21,22);1H. The normalized spacial score (nSPS) is 18.1. The second-order valence-electron chi connectivity index (χ2n) is 7.18. The highest BCUT2D eigenvalue weighted by Gasteiger charge is 2.23. The number of non-ortho nitro benzene ring substituents is 1. The maximum Gasteiger partial charge on any atom is 0.269 e. The van der Waals surface area contributed by atoms with E-state index < -0.39 is 4.92 Å². The molecule has 0 amide bonds. The number of halogens is 1. The Balaban J connectivity index is 0.00000364. The molecule has 2 N–H and O–H groups in total. The van der Waals surface area contributed by atoms with Gasteiger partial charge in [0.25, 0.3) is 5.69 Å². The minimum atomic E-state index is -0.392. The lowest BCUT2D eigenvalue weighted by Crippen LogP contribution is -2.47. The van der Waals surface area contributed by atoms with E-state index in [9.17, 15) is 10.1 Å². The van der Waals surface area contributed by atoms with Crippen molar-refractivity contribution in [3.63, 3.8) is 0 Å². The number of hydrogen-bond acceptors (Lipinski definition) is 4.